The Balaban J connectivity index is 1.48. The number of rotatable bonds is 8. The third-order valence-electron chi connectivity index (χ3n) is 6.30. The second-order valence-corrected chi connectivity index (χ2v) is 8.06. The van der Waals surface area contributed by atoms with Gasteiger partial charge in [0.15, 0.2) is 17.3 Å². The van der Waals surface area contributed by atoms with Crippen molar-refractivity contribution >= 4 is 16.8 Å². The normalized spacial score (nSPS) is 16.1. The number of Topliss-reactive ketones (excluding diaryl/α,β-unsaturated/α-hetero) is 1. The molecule has 0 aliphatic carbocycles. The molecule has 170 valence electrons. The molecule has 1 atom stereocenters. The van der Waals surface area contributed by atoms with E-state index in [1.54, 1.807) is 32.4 Å². The number of fused-ring (bicyclic) bond motifs is 1. The molecule has 0 saturated carbocycles. The molecule has 0 bridgehead atoms. The van der Waals surface area contributed by atoms with Gasteiger partial charge in [-0.3, -0.25) is 14.3 Å². The summed E-state index contributed by atoms with van der Waals surface area (Å²) < 4.78 is 18.7. The predicted molar refractivity (Wildman–Crippen MR) is 124 cm³/mol. The number of likely N-dealkylation sites (tertiary alicyclic amines) is 1. The number of imidazole rings is 1. The molecule has 0 spiro atoms. The summed E-state index contributed by atoms with van der Waals surface area (Å²) in [5.41, 5.74) is 2.69. The van der Waals surface area contributed by atoms with Crippen LogP contribution < -0.4 is 14.2 Å². The van der Waals surface area contributed by atoms with Gasteiger partial charge in [-0.15, -0.1) is 0 Å². The Hall–Kier alpha value is -3.06. The van der Waals surface area contributed by atoms with Gasteiger partial charge in [0.2, 0.25) is 0 Å². The molecule has 0 radical (unpaired) electrons. The van der Waals surface area contributed by atoms with Crippen LogP contribution >= 0.6 is 0 Å². The maximum Gasteiger partial charge on any atom is 0.297 e. The number of benzene rings is 2. The molecule has 1 aliphatic heterocycles. The van der Waals surface area contributed by atoms with Gasteiger partial charge < -0.3 is 14.2 Å². The summed E-state index contributed by atoms with van der Waals surface area (Å²) in [6.45, 7) is 6.22. The number of carbonyl (C=O) groups is 1. The van der Waals surface area contributed by atoms with Gasteiger partial charge in [0.1, 0.15) is 0 Å². The van der Waals surface area contributed by atoms with Crippen LogP contribution in [0.3, 0.4) is 0 Å². The maximum atomic E-state index is 13.2. The van der Waals surface area contributed by atoms with Crippen LogP contribution in [0.5, 0.6) is 17.5 Å². The van der Waals surface area contributed by atoms with Crippen LogP contribution in [-0.4, -0.2) is 60.2 Å². The van der Waals surface area contributed by atoms with Gasteiger partial charge in [0.05, 0.1) is 37.9 Å². The summed E-state index contributed by atoms with van der Waals surface area (Å²) in [5, 5.41) is 0. The molecule has 0 N–H and O–H groups in total. The van der Waals surface area contributed by atoms with Crippen molar-refractivity contribution in [3.63, 3.8) is 0 Å². The fourth-order valence-electron chi connectivity index (χ4n) is 4.53. The number of ketones is 1. The first kappa shape index (κ1) is 22.1. The highest BCUT2D eigenvalue weighted by Gasteiger charge is 2.30. The van der Waals surface area contributed by atoms with Crippen molar-refractivity contribution in [2.45, 2.75) is 38.8 Å². The lowest BCUT2D eigenvalue weighted by Gasteiger charge is -2.36. The first-order chi connectivity index (χ1) is 15.6. The van der Waals surface area contributed by atoms with Gasteiger partial charge in [-0.1, -0.05) is 12.1 Å². The van der Waals surface area contributed by atoms with Crippen LogP contribution in [0.4, 0.5) is 0 Å². The van der Waals surface area contributed by atoms with E-state index in [2.05, 4.69) is 20.5 Å². The Morgan fingerprint density at radius 2 is 1.81 bits per heavy atom. The summed E-state index contributed by atoms with van der Waals surface area (Å²) in [7, 11) is 3.17. The van der Waals surface area contributed by atoms with Crippen molar-refractivity contribution in [2.24, 2.45) is 0 Å². The van der Waals surface area contributed by atoms with E-state index in [4.69, 9.17) is 14.2 Å². The Morgan fingerprint density at radius 3 is 2.50 bits per heavy atom. The molecule has 3 aromatic rings. The molecule has 2 heterocycles. The molecule has 32 heavy (non-hydrogen) atoms. The SMILES string of the molecule is CCOc1nc2ccccc2n1C1CCN(C(C)C(=O)c2ccc(OC)c(OC)c2)CC1. The molecule has 0 amide bonds. The summed E-state index contributed by atoms with van der Waals surface area (Å²) in [5.74, 6) is 1.28. The summed E-state index contributed by atoms with van der Waals surface area (Å²) in [6.07, 6.45) is 1.87. The molecule has 2 aromatic carbocycles. The molecule has 7 nitrogen and oxygen atoms in total. The zero-order chi connectivity index (χ0) is 22.7. The Kier molecular flexibility index (Phi) is 6.65. The summed E-state index contributed by atoms with van der Waals surface area (Å²) in [6, 6.07) is 14.3. The molecule has 4 rings (SSSR count). The average Bonchev–Trinajstić information content (AvgIpc) is 3.21. The smallest absolute Gasteiger partial charge is 0.297 e. The van der Waals surface area contributed by atoms with Gasteiger partial charge in [-0.2, -0.15) is 4.98 Å². The number of hydrogen-bond donors (Lipinski definition) is 0. The van der Waals surface area contributed by atoms with Crippen molar-refractivity contribution in [2.75, 3.05) is 33.9 Å². The highest BCUT2D eigenvalue weighted by molar-refractivity contribution is 6.00. The van der Waals surface area contributed by atoms with E-state index in [0.29, 0.717) is 35.7 Å². The van der Waals surface area contributed by atoms with E-state index in [1.165, 1.54) is 0 Å². The van der Waals surface area contributed by atoms with Crippen LogP contribution in [0.25, 0.3) is 11.0 Å². The largest absolute Gasteiger partial charge is 0.493 e. The number of aromatic nitrogens is 2. The second kappa shape index (κ2) is 9.61. The number of para-hydroxylation sites is 2. The molecular formula is C25H31N3O4. The fraction of sp³-hybridized carbons (Fsp3) is 0.440. The quantitative estimate of drug-likeness (QED) is 0.488. The Labute approximate surface area is 188 Å². The molecule has 7 heteroatoms. The molecule has 1 aromatic heterocycles. The van der Waals surface area contributed by atoms with Gasteiger partial charge in [0, 0.05) is 24.7 Å². The van der Waals surface area contributed by atoms with Crippen LogP contribution in [0.15, 0.2) is 42.5 Å². The number of ether oxygens (including phenoxy) is 3. The van der Waals surface area contributed by atoms with Gasteiger partial charge in [0.25, 0.3) is 6.01 Å². The molecule has 1 aliphatic rings. The molecule has 1 unspecified atom stereocenters. The van der Waals surface area contributed by atoms with Crippen molar-refractivity contribution in [1.82, 2.24) is 14.5 Å². The van der Waals surface area contributed by atoms with E-state index >= 15 is 0 Å². The van der Waals surface area contributed by atoms with Crippen molar-refractivity contribution in [3.8, 4) is 17.5 Å². The first-order valence-electron chi connectivity index (χ1n) is 11.2. The minimum Gasteiger partial charge on any atom is -0.493 e. The van der Waals surface area contributed by atoms with E-state index in [9.17, 15) is 4.79 Å². The lowest BCUT2D eigenvalue weighted by molar-refractivity contribution is 0.0772. The van der Waals surface area contributed by atoms with Crippen molar-refractivity contribution in [3.05, 3.63) is 48.0 Å². The van der Waals surface area contributed by atoms with Gasteiger partial charge in [-0.05, 0) is 57.0 Å². The van der Waals surface area contributed by atoms with Crippen LogP contribution in [-0.2, 0) is 0 Å². The average molecular weight is 438 g/mol. The minimum absolute atomic E-state index is 0.0903. The number of carbonyl (C=O) groups excluding carboxylic acids is 1. The summed E-state index contributed by atoms with van der Waals surface area (Å²) in [4.78, 5) is 20.1. The van der Waals surface area contributed by atoms with Gasteiger partial charge >= 0.3 is 0 Å². The van der Waals surface area contributed by atoms with Crippen LogP contribution in [0.1, 0.15) is 43.1 Å². The highest BCUT2D eigenvalue weighted by Crippen LogP contribution is 2.33. The van der Waals surface area contributed by atoms with E-state index in [0.717, 1.165) is 37.0 Å². The molecular weight excluding hydrogens is 406 g/mol. The first-order valence-corrected chi connectivity index (χ1v) is 11.2. The monoisotopic (exact) mass is 437 g/mol. The lowest BCUT2D eigenvalue weighted by Crippen LogP contribution is -2.44. The van der Waals surface area contributed by atoms with E-state index < -0.39 is 0 Å². The van der Waals surface area contributed by atoms with E-state index in [-0.39, 0.29) is 11.8 Å². The number of hydrogen-bond acceptors (Lipinski definition) is 6. The van der Waals surface area contributed by atoms with E-state index in [1.807, 2.05) is 32.0 Å². The molecule has 1 fully saturated rings. The van der Waals surface area contributed by atoms with Crippen molar-refractivity contribution < 1.29 is 19.0 Å². The van der Waals surface area contributed by atoms with Crippen LogP contribution in [0.2, 0.25) is 0 Å². The second-order valence-electron chi connectivity index (χ2n) is 8.06. The number of nitrogens with zero attached hydrogens (tertiary/aromatic N) is 3. The Bertz CT molecular complexity index is 1090. The zero-order valence-corrected chi connectivity index (χ0v) is 19.2. The standard InChI is InChI=1S/C25H31N3O4/c1-5-32-25-26-20-8-6-7-9-21(20)28(25)19-12-14-27(15-13-19)17(2)24(29)18-10-11-22(30-3)23(16-18)31-4/h6-11,16-17,19H,5,12-15H2,1-4H3. The zero-order valence-electron chi connectivity index (χ0n) is 19.2. The maximum absolute atomic E-state index is 13.2. The molecule has 1 saturated heterocycles. The third-order valence-corrected chi connectivity index (χ3v) is 6.30. The lowest BCUT2D eigenvalue weighted by atomic mass is 9.98. The minimum atomic E-state index is -0.208. The predicted octanol–water partition coefficient (Wildman–Crippen LogP) is 4.36. The number of piperidine rings is 1. The summed E-state index contributed by atoms with van der Waals surface area (Å²) >= 11 is 0. The highest BCUT2D eigenvalue weighted by atomic mass is 16.5. The van der Waals surface area contributed by atoms with Crippen LogP contribution in [0, 0.1) is 0 Å². The topological polar surface area (TPSA) is 65.8 Å². The number of methoxy groups -OCH3 is 2. The Morgan fingerprint density at radius 1 is 1.09 bits per heavy atom. The third kappa shape index (κ3) is 4.17. The fourth-order valence-corrected chi connectivity index (χ4v) is 4.53. The van der Waals surface area contributed by atoms with Crippen molar-refractivity contribution in [1.29, 1.82) is 0 Å². The van der Waals surface area contributed by atoms with Gasteiger partial charge in [-0.25, -0.2) is 0 Å².